The van der Waals surface area contributed by atoms with Crippen LogP contribution >= 0.6 is 11.8 Å². The van der Waals surface area contributed by atoms with Gasteiger partial charge in [0.25, 0.3) is 0 Å². The molecule has 21 heavy (non-hydrogen) atoms. The van der Waals surface area contributed by atoms with E-state index in [0.29, 0.717) is 6.61 Å². The number of thioether (sulfide) groups is 1. The third-order valence-electron chi connectivity index (χ3n) is 3.35. The molecule has 0 aromatic carbocycles. The van der Waals surface area contributed by atoms with Crippen molar-refractivity contribution in [1.82, 2.24) is 9.88 Å². The molecule has 1 aromatic heterocycles. The zero-order chi connectivity index (χ0) is 15.9. The maximum atomic E-state index is 11.3. The molecule has 0 amide bonds. The van der Waals surface area contributed by atoms with Gasteiger partial charge in [0, 0.05) is 42.3 Å². The van der Waals surface area contributed by atoms with Crippen LogP contribution in [0.1, 0.15) is 32.2 Å². The maximum absolute atomic E-state index is 11.3. The van der Waals surface area contributed by atoms with Crippen LogP contribution in [0.5, 0.6) is 0 Å². The fraction of sp³-hybridized carbons (Fsp3) is 0.562. The van der Waals surface area contributed by atoms with E-state index in [1.165, 1.54) is 11.8 Å². The summed E-state index contributed by atoms with van der Waals surface area (Å²) in [5, 5.41) is 3.47. The molecule has 0 radical (unpaired) electrons. The first kappa shape index (κ1) is 17.9. The summed E-state index contributed by atoms with van der Waals surface area (Å²) in [7, 11) is 2.00. The standard InChI is InChI=1S/C16H26N2O2S/c1-6-20-15(19)10-9-13-7-8-14(18(13)4)11-17-12-16(2,3)21-5/h7-10,17H,6,11-12H2,1-5H3. The molecule has 0 spiro atoms. The van der Waals surface area contributed by atoms with Gasteiger partial charge in [0.1, 0.15) is 0 Å². The molecule has 1 N–H and O–H groups in total. The molecule has 0 fully saturated rings. The van der Waals surface area contributed by atoms with Gasteiger partial charge >= 0.3 is 5.97 Å². The van der Waals surface area contributed by atoms with Crippen LogP contribution in [0.2, 0.25) is 0 Å². The van der Waals surface area contributed by atoms with E-state index in [-0.39, 0.29) is 10.7 Å². The third kappa shape index (κ3) is 5.98. The van der Waals surface area contributed by atoms with Gasteiger partial charge in [0.2, 0.25) is 0 Å². The first-order valence-corrected chi connectivity index (χ1v) is 8.37. The van der Waals surface area contributed by atoms with E-state index in [2.05, 4.69) is 36.1 Å². The lowest BCUT2D eigenvalue weighted by atomic mass is 10.2. The molecule has 1 heterocycles. The summed E-state index contributed by atoms with van der Waals surface area (Å²) in [5.74, 6) is -0.305. The number of carbonyl (C=O) groups excluding carboxylic acids is 1. The summed E-state index contributed by atoms with van der Waals surface area (Å²) in [4.78, 5) is 11.3. The Bertz CT molecular complexity index is 492. The first-order valence-electron chi connectivity index (χ1n) is 7.15. The minimum absolute atomic E-state index is 0.234. The molecule has 0 saturated carbocycles. The molecule has 1 aromatic rings. The minimum Gasteiger partial charge on any atom is -0.463 e. The molecular formula is C16H26N2O2S. The molecule has 118 valence electrons. The van der Waals surface area contributed by atoms with Crippen molar-refractivity contribution in [2.45, 2.75) is 32.1 Å². The van der Waals surface area contributed by atoms with Gasteiger partial charge in [-0.25, -0.2) is 4.79 Å². The Morgan fingerprint density at radius 3 is 2.81 bits per heavy atom. The lowest BCUT2D eigenvalue weighted by Crippen LogP contribution is -2.32. The monoisotopic (exact) mass is 310 g/mol. The van der Waals surface area contributed by atoms with E-state index in [4.69, 9.17) is 4.74 Å². The van der Waals surface area contributed by atoms with Gasteiger partial charge in [0.05, 0.1) is 6.61 Å². The number of esters is 1. The van der Waals surface area contributed by atoms with Gasteiger partial charge in [0.15, 0.2) is 0 Å². The van der Waals surface area contributed by atoms with Crippen molar-refractivity contribution in [2.75, 3.05) is 19.4 Å². The Morgan fingerprint density at radius 1 is 1.48 bits per heavy atom. The number of aromatic nitrogens is 1. The highest BCUT2D eigenvalue weighted by Crippen LogP contribution is 2.19. The predicted molar refractivity (Wildman–Crippen MR) is 90.4 cm³/mol. The summed E-state index contributed by atoms with van der Waals surface area (Å²) in [5.41, 5.74) is 2.18. The van der Waals surface area contributed by atoms with Crippen molar-refractivity contribution in [1.29, 1.82) is 0 Å². The average Bonchev–Trinajstić information content (AvgIpc) is 2.78. The van der Waals surface area contributed by atoms with Crippen molar-refractivity contribution < 1.29 is 9.53 Å². The summed E-state index contributed by atoms with van der Waals surface area (Å²) >= 11 is 1.86. The molecule has 5 heteroatoms. The van der Waals surface area contributed by atoms with Crippen molar-refractivity contribution >= 4 is 23.8 Å². The minimum atomic E-state index is -0.305. The highest BCUT2D eigenvalue weighted by atomic mass is 32.2. The van der Waals surface area contributed by atoms with Crippen LogP contribution in [-0.2, 0) is 23.1 Å². The van der Waals surface area contributed by atoms with Gasteiger partial charge in [-0.05, 0) is 45.2 Å². The Morgan fingerprint density at radius 2 is 2.19 bits per heavy atom. The topological polar surface area (TPSA) is 43.3 Å². The van der Waals surface area contributed by atoms with E-state index in [0.717, 1.165) is 18.8 Å². The van der Waals surface area contributed by atoms with E-state index in [1.807, 2.05) is 24.9 Å². The molecule has 0 aliphatic heterocycles. The summed E-state index contributed by atoms with van der Waals surface area (Å²) in [6.07, 6.45) is 5.38. The lowest BCUT2D eigenvalue weighted by molar-refractivity contribution is -0.137. The highest BCUT2D eigenvalue weighted by Gasteiger charge is 2.15. The molecule has 0 aliphatic rings. The zero-order valence-corrected chi connectivity index (χ0v) is 14.4. The maximum Gasteiger partial charge on any atom is 0.330 e. The quantitative estimate of drug-likeness (QED) is 0.592. The summed E-state index contributed by atoms with van der Waals surface area (Å²) in [6, 6.07) is 4.08. The zero-order valence-electron chi connectivity index (χ0n) is 13.6. The number of carbonyl (C=O) groups is 1. The molecule has 1 rings (SSSR count). The van der Waals surface area contributed by atoms with Crippen LogP contribution in [0.4, 0.5) is 0 Å². The second-order valence-corrected chi connectivity index (χ2v) is 6.97. The van der Waals surface area contributed by atoms with Crippen molar-refractivity contribution in [2.24, 2.45) is 7.05 Å². The van der Waals surface area contributed by atoms with Gasteiger partial charge < -0.3 is 14.6 Å². The summed E-state index contributed by atoms with van der Waals surface area (Å²) in [6.45, 7) is 8.41. The number of rotatable bonds is 8. The van der Waals surface area contributed by atoms with Gasteiger partial charge in [-0.15, -0.1) is 0 Å². The first-order chi connectivity index (χ1) is 9.89. The van der Waals surface area contributed by atoms with E-state index < -0.39 is 0 Å². The van der Waals surface area contributed by atoms with E-state index in [9.17, 15) is 4.79 Å². The van der Waals surface area contributed by atoms with Crippen LogP contribution in [0, 0.1) is 0 Å². The number of nitrogens with zero attached hydrogens (tertiary/aromatic N) is 1. The second-order valence-electron chi connectivity index (χ2n) is 5.46. The van der Waals surface area contributed by atoms with E-state index in [1.54, 1.807) is 13.0 Å². The predicted octanol–water partition coefficient (Wildman–Crippen LogP) is 2.83. The number of ether oxygens (including phenoxy) is 1. The molecule has 0 bridgehead atoms. The SMILES string of the molecule is CCOC(=O)C=Cc1ccc(CNCC(C)(C)SC)n1C. The van der Waals surface area contributed by atoms with Gasteiger partial charge in [-0.1, -0.05) is 0 Å². The molecular weight excluding hydrogens is 284 g/mol. The number of hydrogen-bond acceptors (Lipinski definition) is 4. The van der Waals surface area contributed by atoms with Crippen molar-refractivity contribution in [3.8, 4) is 0 Å². The number of hydrogen-bond donors (Lipinski definition) is 1. The smallest absolute Gasteiger partial charge is 0.330 e. The van der Waals surface area contributed by atoms with E-state index >= 15 is 0 Å². The molecule has 0 unspecified atom stereocenters. The number of nitrogens with one attached hydrogen (secondary N) is 1. The Hall–Kier alpha value is -1.20. The van der Waals surface area contributed by atoms with Crippen LogP contribution in [0.3, 0.4) is 0 Å². The normalized spacial score (nSPS) is 12.0. The van der Waals surface area contributed by atoms with Crippen LogP contribution in [-0.4, -0.2) is 34.7 Å². The second kappa shape index (κ2) is 8.29. The molecule has 0 aliphatic carbocycles. The van der Waals surface area contributed by atoms with Crippen molar-refractivity contribution in [3.63, 3.8) is 0 Å². The summed E-state index contributed by atoms with van der Waals surface area (Å²) < 4.78 is 7.19. The highest BCUT2D eigenvalue weighted by molar-refractivity contribution is 7.99. The third-order valence-corrected chi connectivity index (χ3v) is 4.60. The average molecular weight is 310 g/mol. The van der Waals surface area contributed by atoms with Gasteiger partial charge in [-0.3, -0.25) is 0 Å². The Kier molecular flexibility index (Phi) is 7.05. The largest absolute Gasteiger partial charge is 0.463 e. The molecule has 0 saturated heterocycles. The lowest BCUT2D eigenvalue weighted by Gasteiger charge is -2.22. The van der Waals surface area contributed by atoms with Gasteiger partial charge in [-0.2, -0.15) is 11.8 Å². The molecule has 0 atom stereocenters. The Balaban J connectivity index is 2.57. The van der Waals surface area contributed by atoms with Crippen LogP contribution in [0.25, 0.3) is 6.08 Å². The van der Waals surface area contributed by atoms with Crippen LogP contribution < -0.4 is 5.32 Å². The molecule has 4 nitrogen and oxygen atoms in total. The Labute approximate surface area is 131 Å². The van der Waals surface area contributed by atoms with Crippen LogP contribution in [0.15, 0.2) is 18.2 Å². The van der Waals surface area contributed by atoms with Crippen molar-refractivity contribution in [3.05, 3.63) is 29.6 Å². The fourth-order valence-corrected chi connectivity index (χ4v) is 2.07. The fourth-order valence-electron chi connectivity index (χ4n) is 1.82.